The fourth-order valence-electron chi connectivity index (χ4n) is 4.92. The highest BCUT2D eigenvalue weighted by Crippen LogP contribution is 2.18. The Hall–Kier alpha value is -5.93. The van der Waals surface area contributed by atoms with Crippen molar-refractivity contribution in [2.45, 2.75) is 58.2 Å². The number of methoxy groups -OCH3 is 1. The first-order valence-electron chi connectivity index (χ1n) is 16.4. The number of alkyl carbamates (subject to hydrolysis) is 1. The quantitative estimate of drug-likeness (QED) is 0.0657. The maximum Gasteiger partial charge on any atom is 0.408 e. The first-order valence-corrected chi connectivity index (χ1v) is 16.4. The molecule has 0 spiro atoms. The molecule has 7 N–H and O–H groups in total. The third-order valence-corrected chi connectivity index (χ3v) is 7.66. The van der Waals surface area contributed by atoms with Gasteiger partial charge in [0.1, 0.15) is 18.2 Å². The standard InChI is InChI=1S/C34H43N9O7/c1-3-4-17-37-32-41-28(35)27-29(42-32)43(33(47)40-27)20-22-13-15-24(16-14-22)30(45)38-19-26(44)36-18-9-8-12-25(31(46)49-2)39-34(48)50-21-23-10-6-5-7-11-23/h5-7,10-11,13-16,25H,3-4,8-9,12,17-21H2,1-2H3,(H,36,44)(H,38,45)(H,39,48)(H,40,47)(H3,35,37,41,42). The normalized spacial score (nSPS) is 11.4. The van der Waals surface area contributed by atoms with Crippen LogP contribution in [-0.4, -0.2) is 76.2 Å². The smallest absolute Gasteiger partial charge is 0.408 e. The Balaban J connectivity index is 1.18. The van der Waals surface area contributed by atoms with Gasteiger partial charge in [0.05, 0.1) is 20.2 Å². The number of nitrogen functional groups attached to an aromatic ring is 1. The van der Waals surface area contributed by atoms with Crippen LogP contribution in [0.4, 0.5) is 16.6 Å². The van der Waals surface area contributed by atoms with E-state index in [4.69, 9.17) is 15.2 Å². The topological polar surface area (TPSA) is 224 Å². The molecule has 0 radical (unpaired) electrons. The number of fused-ring (bicyclic) bond motifs is 1. The van der Waals surface area contributed by atoms with Crippen LogP contribution < -0.4 is 32.7 Å². The van der Waals surface area contributed by atoms with Crippen LogP contribution in [0.5, 0.6) is 0 Å². The van der Waals surface area contributed by atoms with E-state index in [-0.39, 0.29) is 37.8 Å². The molecule has 50 heavy (non-hydrogen) atoms. The Labute approximate surface area is 288 Å². The van der Waals surface area contributed by atoms with Crippen LogP contribution in [0.3, 0.4) is 0 Å². The number of carbonyl (C=O) groups excluding carboxylic acids is 4. The number of benzene rings is 2. The third-order valence-electron chi connectivity index (χ3n) is 7.66. The largest absolute Gasteiger partial charge is 0.467 e. The molecule has 0 aliphatic rings. The zero-order chi connectivity index (χ0) is 35.9. The number of nitrogens with zero attached hydrogens (tertiary/aromatic N) is 3. The molecular formula is C34H43N9O7. The zero-order valence-electron chi connectivity index (χ0n) is 28.1. The highest BCUT2D eigenvalue weighted by atomic mass is 16.6. The summed E-state index contributed by atoms with van der Waals surface area (Å²) in [5.41, 5.74) is 8.29. The number of aromatic nitrogens is 4. The summed E-state index contributed by atoms with van der Waals surface area (Å²) in [5, 5.41) is 11.0. The number of carbonyl (C=O) groups is 4. The van der Waals surface area contributed by atoms with Crippen molar-refractivity contribution in [1.82, 2.24) is 35.5 Å². The van der Waals surface area contributed by atoms with Gasteiger partial charge in [-0.1, -0.05) is 55.8 Å². The molecule has 16 nitrogen and oxygen atoms in total. The minimum absolute atomic E-state index is 0.0629. The van der Waals surface area contributed by atoms with E-state index in [1.165, 1.54) is 11.7 Å². The van der Waals surface area contributed by atoms with Crippen molar-refractivity contribution in [3.05, 3.63) is 81.8 Å². The van der Waals surface area contributed by atoms with Crippen LogP contribution in [-0.2, 0) is 32.2 Å². The molecular weight excluding hydrogens is 646 g/mol. The average molecular weight is 690 g/mol. The van der Waals surface area contributed by atoms with Crippen molar-refractivity contribution < 1.29 is 28.7 Å². The lowest BCUT2D eigenvalue weighted by Crippen LogP contribution is -2.42. The fraction of sp³-hybridized carbons (Fsp3) is 0.382. The van der Waals surface area contributed by atoms with Gasteiger partial charge in [0.25, 0.3) is 5.91 Å². The van der Waals surface area contributed by atoms with Gasteiger partial charge >= 0.3 is 17.8 Å². The molecule has 1 unspecified atom stereocenters. The van der Waals surface area contributed by atoms with Gasteiger partial charge in [-0.2, -0.15) is 9.97 Å². The third kappa shape index (κ3) is 10.8. The maximum atomic E-state index is 12.7. The monoisotopic (exact) mass is 689 g/mol. The summed E-state index contributed by atoms with van der Waals surface area (Å²) in [6.07, 6.45) is 2.49. The van der Waals surface area contributed by atoms with Crippen LogP contribution in [0.2, 0.25) is 0 Å². The van der Waals surface area contributed by atoms with Gasteiger partial charge in [-0.25, -0.2) is 14.4 Å². The summed E-state index contributed by atoms with van der Waals surface area (Å²) < 4.78 is 11.4. The van der Waals surface area contributed by atoms with Gasteiger partial charge in [-0.05, 0) is 48.9 Å². The van der Waals surface area contributed by atoms with E-state index in [1.807, 2.05) is 30.3 Å². The molecule has 0 fully saturated rings. The Bertz CT molecular complexity index is 1810. The lowest BCUT2D eigenvalue weighted by atomic mass is 10.1. The van der Waals surface area contributed by atoms with E-state index in [1.54, 1.807) is 24.3 Å². The van der Waals surface area contributed by atoms with E-state index in [2.05, 4.69) is 43.1 Å². The van der Waals surface area contributed by atoms with E-state index in [9.17, 15) is 24.0 Å². The number of anilines is 2. The number of unbranched alkanes of at least 4 members (excludes halogenated alkanes) is 2. The van der Waals surface area contributed by atoms with Gasteiger partial charge in [0.15, 0.2) is 11.5 Å². The van der Waals surface area contributed by atoms with Gasteiger partial charge in [-0.3, -0.25) is 14.2 Å². The number of nitrogens with one attached hydrogen (secondary N) is 5. The zero-order valence-corrected chi connectivity index (χ0v) is 28.1. The second-order valence-electron chi connectivity index (χ2n) is 11.4. The van der Waals surface area contributed by atoms with Crippen LogP contribution in [0.1, 0.15) is 60.5 Å². The number of nitrogens with two attached hydrogens (primary N) is 1. The highest BCUT2D eigenvalue weighted by Gasteiger charge is 2.22. The van der Waals surface area contributed by atoms with Gasteiger partial charge < -0.3 is 41.5 Å². The van der Waals surface area contributed by atoms with E-state index in [0.717, 1.165) is 24.0 Å². The van der Waals surface area contributed by atoms with Crippen molar-refractivity contribution in [3.63, 3.8) is 0 Å². The second-order valence-corrected chi connectivity index (χ2v) is 11.4. The number of ether oxygens (including phenoxy) is 2. The molecule has 0 aliphatic heterocycles. The van der Waals surface area contributed by atoms with Crippen molar-refractivity contribution in [2.24, 2.45) is 0 Å². The molecule has 3 amide bonds. The molecule has 2 heterocycles. The van der Waals surface area contributed by atoms with E-state index in [0.29, 0.717) is 48.6 Å². The fourth-order valence-corrected chi connectivity index (χ4v) is 4.92. The Morgan fingerprint density at radius 2 is 1.70 bits per heavy atom. The van der Waals surface area contributed by atoms with Crippen molar-refractivity contribution in [1.29, 1.82) is 0 Å². The van der Waals surface area contributed by atoms with Crippen molar-refractivity contribution in [2.75, 3.05) is 37.8 Å². The molecule has 16 heteroatoms. The molecule has 4 aromatic rings. The summed E-state index contributed by atoms with van der Waals surface area (Å²) in [5.74, 6) is -0.918. The predicted molar refractivity (Wildman–Crippen MR) is 186 cm³/mol. The van der Waals surface area contributed by atoms with Crippen LogP contribution >= 0.6 is 0 Å². The number of imidazole rings is 1. The lowest BCUT2D eigenvalue weighted by Gasteiger charge is -2.16. The summed E-state index contributed by atoms with van der Waals surface area (Å²) in [4.78, 5) is 73.4. The first-order chi connectivity index (χ1) is 24.2. The molecule has 0 bridgehead atoms. The van der Waals surface area contributed by atoms with Crippen LogP contribution in [0.25, 0.3) is 11.2 Å². The highest BCUT2D eigenvalue weighted by molar-refractivity contribution is 5.96. The lowest BCUT2D eigenvalue weighted by molar-refractivity contribution is -0.143. The Morgan fingerprint density at radius 3 is 2.42 bits per heavy atom. The SMILES string of the molecule is CCCCNc1nc(N)c2[nH]c(=O)n(Cc3ccc(C(=O)NCC(=O)NCCCCC(NC(=O)OCc4ccccc4)C(=O)OC)cc3)c2n1. The number of rotatable bonds is 18. The van der Waals surface area contributed by atoms with Gasteiger partial charge in [0.2, 0.25) is 11.9 Å². The number of H-pyrrole nitrogens is 1. The number of amides is 3. The maximum absolute atomic E-state index is 12.7. The second kappa shape index (κ2) is 18.6. The summed E-state index contributed by atoms with van der Waals surface area (Å²) in [7, 11) is 1.23. The van der Waals surface area contributed by atoms with Crippen LogP contribution in [0.15, 0.2) is 59.4 Å². The minimum Gasteiger partial charge on any atom is -0.467 e. The molecule has 2 aromatic heterocycles. The predicted octanol–water partition coefficient (Wildman–Crippen LogP) is 2.45. The number of aromatic amines is 1. The molecule has 1 atom stereocenters. The van der Waals surface area contributed by atoms with Crippen LogP contribution in [0, 0.1) is 0 Å². The summed E-state index contributed by atoms with van der Waals surface area (Å²) in [6.45, 7) is 3.06. The minimum atomic E-state index is -0.897. The Morgan fingerprint density at radius 1 is 0.940 bits per heavy atom. The molecule has 0 saturated heterocycles. The molecule has 266 valence electrons. The summed E-state index contributed by atoms with van der Waals surface area (Å²) >= 11 is 0. The van der Waals surface area contributed by atoms with Gasteiger partial charge in [-0.15, -0.1) is 0 Å². The molecule has 0 aliphatic carbocycles. The first kappa shape index (κ1) is 36.9. The average Bonchev–Trinajstić information content (AvgIpc) is 3.44. The van der Waals surface area contributed by atoms with E-state index >= 15 is 0 Å². The van der Waals surface area contributed by atoms with E-state index < -0.39 is 29.7 Å². The van der Waals surface area contributed by atoms with Gasteiger partial charge in [0, 0.05) is 18.7 Å². The number of hydrogen-bond acceptors (Lipinski definition) is 11. The number of hydrogen-bond donors (Lipinski definition) is 6. The molecule has 4 rings (SSSR count). The molecule has 2 aromatic carbocycles. The van der Waals surface area contributed by atoms with Crippen molar-refractivity contribution >= 4 is 46.8 Å². The molecule has 0 saturated carbocycles. The summed E-state index contributed by atoms with van der Waals surface area (Å²) in [6, 6.07) is 14.9. The van der Waals surface area contributed by atoms with Crippen molar-refractivity contribution in [3.8, 4) is 0 Å². The Kier molecular flexibility index (Phi) is 13.7. The number of esters is 1.